The first-order valence-corrected chi connectivity index (χ1v) is 17.8. The Labute approximate surface area is 260 Å². The molecule has 0 bridgehead atoms. The van der Waals surface area contributed by atoms with E-state index in [-0.39, 0.29) is 35.4 Å². The minimum absolute atomic E-state index is 0.00167. The summed E-state index contributed by atoms with van der Waals surface area (Å²) in [6.07, 6.45) is 4.65. The molecule has 0 saturated carbocycles. The van der Waals surface area contributed by atoms with Crippen LogP contribution in [0.1, 0.15) is 87.0 Å². The van der Waals surface area contributed by atoms with Crippen LogP contribution in [0.5, 0.6) is 0 Å². The molecule has 0 aliphatic carbocycles. The minimum atomic E-state index is -2.78. The second kappa shape index (κ2) is 13.6. The monoisotopic (exact) mass is 605 g/mol. The number of hydrogen-bond acceptors (Lipinski definition) is 5. The van der Waals surface area contributed by atoms with Gasteiger partial charge in [0, 0.05) is 19.8 Å². The maximum absolute atomic E-state index is 12.3. The van der Waals surface area contributed by atoms with E-state index < -0.39 is 19.3 Å². The van der Waals surface area contributed by atoms with E-state index in [0.29, 0.717) is 19.6 Å². The van der Waals surface area contributed by atoms with Crippen LogP contribution in [0.25, 0.3) is 4.85 Å². The quantitative estimate of drug-likeness (QED) is 0.123. The molecule has 0 amide bonds. The number of hydrogen-bond donors (Lipinski definition) is 0. The van der Waals surface area contributed by atoms with Gasteiger partial charge in [-0.05, 0) is 61.9 Å². The number of benzene rings is 2. The van der Waals surface area contributed by atoms with Crippen LogP contribution in [0.3, 0.4) is 0 Å². The molecule has 2 aliphatic heterocycles. The predicted octanol–water partition coefficient (Wildman–Crippen LogP) is 6.71. The first kappa shape index (κ1) is 33.4. The lowest BCUT2D eigenvalue weighted by Gasteiger charge is -2.47. The molecule has 0 N–H and O–H groups in total. The Balaban J connectivity index is 1.61. The zero-order chi connectivity index (χ0) is 31.3. The van der Waals surface area contributed by atoms with Gasteiger partial charge in [0.05, 0.1) is 36.9 Å². The highest BCUT2D eigenvalue weighted by Crippen LogP contribution is 2.46. The number of fused-ring (bicyclic) bond motifs is 1. The van der Waals surface area contributed by atoms with Gasteiger partial charge in [-0.2, -0.15) is 0 Å². The molecular weight excluding hydrogens is 554 g/mol. The third-order valence-corrected chi connectivity index (χ3v) is 13.9. The predicted molar refractivity (Wildman–Crippen MR) is 174 cm³/mol. The highest BCUT2D eigenvalue weighted by atomic mass is 28.4. The van der Waals surface area contributed by atoms with Crippen molar-refractivity contribution in [1.82, 2.24) is 0 Å². The summed E-state index contributed by atoms with van der Waals surface area (Å²) in [5, 5.41) is 2.34. The van der Waals surface area contributed by atoms with Crippen molar-refractivity contribution in [1.29, 1.82) is 0 Å². The molecule has 2 aromatic rings. The van der Waals surface area contributed by atoms with Crippen LogP contribution < -0.4 is 10.4 Å². The van der Waals surface area contributed by atoms with Crippen molar-refractivity contribution >= 4 is 24.7 Å². The van der Waals surface area contributed by atoms with Gasteiger partial charge < -0.3 is 23.5 Å². The molecule has 5 atom stereocenters. The van der Waals surface area contributed by atoms with E-state index in [9.17, 15) is 4.79 Å². The Morgan fingerprint density at radius 3 is 2.14 bits per heavy atom. The standard InChI is InChI=1S/C36H51NO5Si/c1-27(37-8)24-28-21-22-32-36(42-28,25-29(41-32)16-15-23-39-33(38)34(2,3)4)26-40-43(35(5,6)7,30-17-11-9-12-18-30)31-19-13-10-14-20-31/h9-14,17-20,27-29,32H,15-16,21-26H2,1-7H3/t27-,28?,29+,32+,36-/m1/s1. The lowest BCUT2D eigenvalue weighted by atomic mass is 9.85. The smallest absolute Gasteiger partial charge is 0.311 e. The van der Waals surface area contributed by atoms with Crippen molar-refractivity contribution in [3.8, 4) is 0 Å². The fourth-order valence-corrected chi connectivity index (χ4v) is 11.4. The summed E-state index contributed by atoms with van der Waals surface area (Å²) >= 11 is 0. The zero-order valence-corrected chi connectivity index (χ0v) is 28.2. The fraction of sp³-hybridized carbons (Fsp3) is 0.611. The summed E-state index contributed by atoms with van der Waals surface area (Å²) in [6.45, 7) is 22.8. The van der Waals surface area contributed by atoms with Crippen LogP contribution in [0, 0.1) is 12.0 Å². The van der Waals surface area contributed by atoms with Crippen molar-refractivity contribution in [3.05, 3.63) is 72.1 Å². The third-order valence-electron chi connectivity index (χ3n) is 8.96. The van der Waals surface area contributed by atoms with Gasteiger partial charge in [-0.3, -0.25) is 4.79 Å². The second-order valence-corrected chi connectivity index (χ2v) is 18.8. The summed E-state index contributed by atoms with van der Waals surface area (Å²) in [5.74, 6) is -0.177. The number of esters is 1. The summed E-state index contributed by atoms with van der Waals surface area (Å²) in [4.78, 5) is 16.0. The van der Waals surface area contributed by atoms with Gasteiger partial charge in [0.2, 0.25) is 6.04 Å². The van der Waals surface area contributed by atoms with Crippen molar-refractivity contribution in [3.63, 3.8) is 0 Å². The molecule has 2 saturated heterocycles. The molecule has 1 unspecified atom stereocenters. The average Bonchev–Trinajstić information content (AvgIpc) is 3.33. The van der Waals surface area contributed by atoms with Crippen LogP contribution in [-0.4, -0.2) is 57.5 Å². The van der Waals surface area contributed by atoms with Crippen LogP contribution in [0.15, 0.2) is 60.7 Å². The lowest BCUT2D eigenvalue weighted by Crippen LogP contribution is -2.68. The minimum Gasteiger partial charge on any atom is -0.465 e. The van der Waals surface area contributed by atoms with E-state index in [1.54, 1.807) is 0 Å². The first-order valence-electron chi connectivity index (χ1n) is 15.9. The van der Waals surface area contributed by atoms with E-state index in [2.05, 4.69) is 86.3 Å². The van der Waals surface area contributed by atoms with E-state index in [1.165, 1.54) is 10.4 Å². The van der Waals surface area contributed by atoms with Crippen LogP contribution in [0.4, 0.5) is 0 Å². The Hall–Kier alpha value is -2.50. The SMILES string of the molecule is [C-]#[N+][C@H](C)CC1CC[C@@H]2O[C@@H](CCCOC(=O)C(C)(C)C)C[C@]2(CO[Si](c2ccccc2)(c2ccccc2)C(C)(C)C)O1. The molecule has 0 aromatic heterocycles. The fourth-order valence-electron chi connectivity index (χ4n) is 6.74. The number of carbonyl (C=O) groups excluding carboxylic acids is 1. The molecule has 0 spiro atoms. The third kappa shape index (κ3) is 7.60. The van der Waals surface area contributed by atoms with E-state index in [0.717, 1.165) is 32.1 Å². The topological polar surface area (TPSA) is 58.4 Å². The normalized spacial score (nSPS) is 25.0. The van der Waals surface area contributed by atoms with Crippen LogP contribution in [-0.2, 0) is 23.4 Å². The van der Waals surface area contributed by atoms with Gasteiger partial charge in [0.15, 0.2) is 0 Å². The van der Waals surface area contributed by atoms with Crippen LogP contribution >= 0.6 is 0 Å². The molecular formula is C36H51NO5Si. The van der Waals surface area contributed by atoms with Crippen molar-refractivity contribution in [2.75, 3.05) is 13.2 Å². The lowest BCUT2D eigenvalue weighted by molar-refractivity contribution is -0.181. The Kier molecular flexibility index (Phi) is 10.6. The van der Waals surface area contributed by atoms with Gasteiger partial charge in [-0.25, -0.2) is 6.57 Å². The highest BCUT2D eigenvalue weighted by molar-refractivity contribution is 6.99. The first-order chi connectivity index (χ1) is 20.3. The second-order valence-electron chi connectivity index (χ2n) is 14.5. The molecule has 2 fully saturated rings. The van der Waals surface area contributed by atoms with Gasteiger partial charge >= 0.3 is 5.97 Å². The maximum atomic E-state index is 12.3. The van der Waals surface area contributed by atoms with E-state index in [1.807, 2.05) is 27.7 Å². The molecule has 43 heavy (non-hydrogen) atoms. The highest BCUT2D eigenvalue weighted by Gasteiger charge is 2.57. The zero-order valence-electron chi connectivity index (χ0n) is 27.2. The Morgan fingerprint density at radius 2 is 1.60 bits per heavy atom. The largest absolute Gasteiger partial charge is 0.465 e. The molecule has 7 heteroatoms. The average molecular weight is 606 g/mol. The number of rotatable bonds is 11. The summed E-state index contributed by atoms with van der Waals surface area (Å²) in [7, 11) is -2.78. The molecule has 234 valence electrons. The Bertz CT molecular complexity index is 1190. The summed E-state index contributed by atoms with van der Waals surface area (Å²) < 4.78 is 26.7. The number of ether oxygens (including phenoxy) is 3. The molecule has 2 heterocycles. The van der Waals surface area contributed by atoms with Crippen molar-refractivity contribution in [2.45, 2.75) is 122 Å². The summed E-state index contributed by atoms with van der Waals surface area (Å²) in [6, 6.07) is 21.3. The van der Waals surface area contributed by atoms with Crippen molar-refractivity contribution < 1.29 is 23.4 Å². The van der Waals surface area contributed by atoms with E-state index in [4.69, 9.17) is 25.2 Å². The van der Waals surface area contributed by atoms with Crippen molar-refractivity contribution in [2.24, 2.45) is 5.41 Å². The van der Waals surface area contributed by atoms with Gasteiger partial charge in [-0.1, -0.05) is 81.4 Å². The van der Waals surface area contributed by atoms with Gasteiger partial charge in [0.1, 0.15) is 5.60 Å². The van der Waals surface area contributed by atoms with Gasteiger partial charge in [-0.15, -0.1) is 0 Å². The molecule has 2 aromatic carbocycles. The van der Waals surface area contributed by atoms with Gasteiger partial charge in [0.25, 0.3) is 8.32 Å². The number of nitrogens with zero attached hydrogens (tertiary/aromatic N) is 1. The number of carbonyl (C=O) groups is 1. The molecule has 6 nitrogen and oxygen atoms in total. The maximum Gasteiger partial charge on any atom is 0.311 e. The molecule has 4 rings (SSSR count). The summed E-state index contributed by atoms with van der Waals surface area (Å²) in [5.41, 5.74) is -1.10. The Morgan fingerprint density at radius 1 is 1.00 bits per heavy atom. The van der Waals surface area contributed by atoms with E-state index >= 15 is 0 Å². The molecule has 0 radical (unpaired) electrons. The van der Waals surface area contributed by atoms with Crippen LogP contribution in [0.2, 0.25) is 5.04 Å². The molecule has 2 aliphatic rings.